The predicted octanol–water partition coefficient (Wildman–Crippen LogP) is 3.57. The summed E-state index contributed by atoms with van der Waals surface area (Å²) in [6.07, 6.45) is 4.12. The lowest BCUT2D eigenvalue weighted by molar-refractivity contribution is 0.148. The number of nitrogens with zero attached hydrogens (tertiary/aromatic N) is 1. The van der Waals surface area contributed by atoms with Gasteiger partial charge >= 0.3 is 0 Å². The molecule has 0 aliphatic heterocycles. The van der Waals surface area contributed by atoms with Crippen molar-refractivity contribution in [3.8, 4) is 5.75 Å². The first-order chi connectivity index (χ1) is 10.1. The molecule has 0 aliphatic rings. The van der Waals surface area contributed by atoms with Crippen LogP contribution in [-0.4, -0.2) is 35.7 Å². The summed E-state index contributed by atoms with van der Waals surface area (Å²) in [4.78, 5) is 2.19. The molecular formula is C18H27NO2. The van der Waals surface area contributed by atoms with E-state index in [0.717, 1.165) is 30.9 Å². The molecule has 0 aliphatic carbocycles. The highest BCUT2D eigenvalue weighted by atomic mass is 16.5. The second-order valence-corrected chi connectivity index (χ2v) is 5.38. The van der Waals surface area contributed by atoms with Crippen LogP contribution >= 0.6 is 0 Å². The van der Waals surface area contributed by atoms with Gasteiger partial charge in [-0.3, -0.25) is 4.90 Å². The lowest BCUT2D eigenvalue weighted by Gasteiger charge is -2.21. The zero-order chi connectivity index (χ0) is 15.7. The van der Waals surface area contributed by atoms with Crippen LogP contribution in [0.4, 0.5) is 0 Å². The molecule has 116 valence electrons. The summed E-state index contributed by atoms with van der Waals surface area (Å²) in [7, 11) is 0. The van der Waals surface area contributed by atoms with Crippen molar-refractivity contribution in [3.63, 3.8) is 0 Å². The number of ether oxygens (including phenoxy) is 1. The molecule has 0 heterocycles. The van der Waals surface area contributed by atoms with E-state index in [1.54, 1.807) is 0 Å². The normalized spacial score (nSPS) is 12.4. The molecule has 0 fully saturated rings. The van der Waals surface area contributed by atoms with Crippen molar-refractivity contribution in [1.29, 1.82) is 0 Å². The van der Waals surface area contributed by atoms with Gasteiger partial charge in [0.05, 0.1) is 12.2 Å². The first-order valence-corrected chi connectivity index (χ1v) is 7.45. The molecule has 0 aromatic heterocycles. The molecule has 1 N–H and O–H groups in total. The monoisotopic (exact) mass is 289 g/mol. The number of benzene rings is 1. The van der Waals surface area contributed by atoms with Gasteiger partial charge < -0.3 is 9.84 Å². The van der Waals surface area contributed by atoms with Gasteiger partial charge in [-0.25, -0.2) is 0 Å². The van der Waals surface area contributed by atoms with E-state index in [1.807, 2.05) is 50.3 Å². The van der Waals surface area contributed by atoms with Crippen LogP contribution in [0.2, 0.25) is 0 Å². The molecule has 0 saturated heterocycles. The second-order valence-electron chi connectivity index (χ2n) is 5.38. The SMILES string of the molecule is C=CCN(CC=C)CCC(O)c1ccc(OC(C)C)cc1. The van der Waals surface area contributed by atoms with Gasteiger partial charge in [0.2, 0.25) is 0 Å². The average Bonchev–Trinajstić information content (AvgIpc) is 2.45. The molecule has 0 bridgehead atoms. The molecular weight excluding hydrogens is 262 g/mol. The zero-order valence-corrected chi connectivity index (χ0v) is 13.2. The van der Waals surface area contributed by atoms with Crippen molar-refractivity contribution in [3.05, 3.63) is 55.1 Å². The third kappa shape index (κ3) is 6.61. The molecule has 1 aromatic rings. The minimum Gasteiger partial charge on any atom is -0.491 e. The number of hydrogen-bond acceptors (Lipinski definition) is 3. The molecule has 3 heteroatoms. The molecule has 1 rings (SSSR count). The Morgan fingerprint density at radius 2 is 1.71 bits per heavy atom. The summed E-state index contributed by atoms with van der Waals surface area (Å²) < 4.78 is 5.60. The van der Waals surface area contributed by atoms with Crippen LogP contribution in [0.25, 0.3) is 0 Å². The first-order valence-electron chi connectivity index (χ1n) is 7.45. The fourth-order valence-corrected chi connectivity index (χ4v) is 2.13. The van der Waals surface area contributed by atoms with Gasteiger partial charge in [0.15, 0.2) is 0 Å². The summed E-state index contributed by atoms with van der Waals surface area (Å²) in [6.45, 7) is 13.9. The molecule has 21 heavy (non-hydrogen) atoms. The highest BCUT2D eigenvalue weighted by molar-refractivity contribution is 5.28. The standard InChI is InChI=1S/C18H27NO2/c1-5-12-19(13-6-2)14-11-18(20)16-7-9-17(10-8-16)21-15(3)4/h5-10,15,18,20H,1-2,11-14H2,3-4H3. The third-order valence-corrected chi connectivity index (χ3v) is 3.13. The maximum atomic E-state index is 10.3. The van der Waals surface area contributed by atoms with Gasteiger partial charge in [-0.2, -0.15) is 0 Å². The molecule has 0 radical (unpaired) electrons. The molecule has 3 nitrogen and oxygen atoms in total. The van der Waals surface area contributed by atoms with Crippen molar-refractivity contribution in [2.75, 3.05) is 19.6 Å². The highest BCUT2D eigenvalue weighted by Crippen LogP contribution is 2.21. The lowest BCUT2D eigenvalue weighted by Crippen LogP contribution is -2.26. The van der Waals surface area contributed by atoms with Gasteiger partial charge in [-0.05, 0) is 38.0 Å². The Morgan fingerprint density at radius 3 is 2.19 bits per heavy atom. The third-order valence-electron chi connectivity index (χ3n) is 3.13. The molecule has 0 saturated carbocycles. The van der Waals surface area contributed by atoms with Crippen LogP contribution in [-0.2, 0) is 0 Å². The van der Waals surface area contributed by atoms with E-state index in [0.29, 0.717) is 6.42 Å². The average molecular weight is 289 g/mol. The zero-order valence-electron chi connectivity index (χ0n) is 13.2. The van der Waals surface area contributed by atoms with E-state index in [1.165, 1.54) is 0 Å². The maximum absolute atomic E-state index is 10.3. The highest BCUT2D eigenvalue weighted by Gasteiger charge is 2.10. The lowest BCUT2D eigenvalue weighted by atomic mass is 10.1. The van der Waals surface area contributed by atoms with Crippen molar-refractivity contribution in [2.24, 2.45) is 0 Å². The number of aliphatic hydroxyl groups excluding tert-OH is 1. The molecule has 0 spiro atoms. The van der Waals surface area contributed by atoms with Gasteiger partial charge in [-0.1, -0.05) is 24.3 Å². The maximum Gasteiger partial charge on any atom is 0.119 e. The summed E-state index contributed by atoms with van der Waals surface area (Å²) in [5.74, 6) is 0.834. The van der Waals surface area contributed by atoms with Gasteiger partial charge in [0, 0.05) is 19.6 Å². The first kappa shape index (κ1) is 17.5. The Balaban J connectivity index is 2.52. The Hall–Kier alpha value is -1.58. The van der Waals surface area contributed by atoms with E-state index in [-0.39, 0.29) is 6.10 Å². The number of rotatable bonds is 10. The van der Waals surface area contributed by atoms with Crippen molar-refractivity contribution in [1.82, 2.24) is 4.90 Å². The van der Waals surface area contributed by atoms with Crippen molar-refractivity contribution < 1.29 is 9.84 Å². The van der Waals surface area contributed by atoms with E-state index < -0.39 is 6.10 Å². The van der Waals surface area contributed by atoms with Crippen LogP contribution in [0.15, 0.2) is 49.6 Å². The quantitative estimate of drug-likeness (QED) is 0.668. The minimum absolute atomic E-state index is 0.159. The van der Waals surface area contributed by atoms with E-state index >= 15 is 0 Å². The summed E-state index contributed by atoms with van der Waals surface area (Å²) >= 11 is 0. The van der Waals surface area contributed by atoms with Gasteiger partial charge in [0.1, 0.15) is 5.75 Å². The molecule has 1 atom stereocenters. The second kappa shape index (κ2) is 9.37. The van der Waals surface area contributed by atoms with Crippen LogP contribution in [0.5, 0.6) is 5.75 Å². The number of hydrogen-bond donors (Lipinski definition) is 1. The fraction of sp³-hybridized carbons (Fsp3) is 0.444. The van der Waals surface area contributed by atoms with Crippen LogP contribution in [0.3, 0.4) is 0 Å². The van der Waals surface area contributed by atoms with Crippen LogP contribution in [0.1, 0.15) is 31.9 Å². The van der Waals surface area contributed by atoms with E-state index in [4.69, 9.17) is 4.74 Å². The van der Waals surface area contributed by atoms with E-state index in [9.17, 15) is 5.11 Å². The van der Waals surface area contributed by atoms with Gasteiger partial charge in [0.25, 0.3) is 0 Å². The fourth-order valence-electron chi connectivity index (χ4n) is 2.13. The molecule has 1 unspecified atom stereocenters. The minimum atomic E-state index is -0.463. The largest absolute Gasteiger partial charge is 0.491 e. The Labute approximate surface area is 128 Å². The Kier molecular flexibility index (Phi) is 7.80. The summed E-state index contributed by atoms with van der Waals surface area (Å²) in [6, 6.07) is 7.66. The summed E-state index contributed by atoms with van der Waals surface area (Å²) in [5.41, 5.74) is 0.920. The number of aliphatic hydroxyl groups is 1. The topological polar surface area (TPSA) is 32.7 Å². The van der Waals surface area contributed by atoms with Crippen LogP contribution in [0, 0.1) is 0 Å². The smallest absolute Gasteiger partial charge is 0.119 e. The Bertz CT molecular complexity index is 415. The van der Waals surface area contributed by atoms with Crippen molar-refractivity contribution >= 4 is 0 Å². The van der Waals surface area contributed by atoms with Crippen LogP contribution < -0.4 is 4.74 Å². The summed E-state index contributed by atoms with van der Waals surface area (Å²) in [5, 5.41) is 10.3. The Morgan fingerprint density at radius 1 is 1.14 bits per heavy atom. The predicted molar refractivity (Wildman–Crippen MR) is 88.6 cm³/mol. The van der Waals surface area contributed by atoms with Crippen molar-refractivity contribution in [2.45, 2.75) is 32.5 Å². The van der Waals surface area contributed by atoms with E-state index in [2.05, 4.69) is 18.1 Å². The molecule has 0 amide bonds. The molecule has 1 aromatic carbocycles. The van der Waals surface area contributed by atoms with Gasteiger partial charge in [-0.15, -0.1) is 13.2 Å².